The van der Waals surface area contributed by atoms with Crippen LogP contribution in [0.5, 0.6) is 5.75 Å². The fraction of sp³-hybridized carbons (Fsp3) is 0.538. The maximum absolute atomic E-state index is 5.63. The summed E-state index contributed by atoms with van der Waals surface area (Å²) in [4.78, 5) is 0. The lowest BCUT2D eigenvalue weighted by molar-refractivity contribution is 0.242. The Bertz CT molecular complexity index is 339. The van der Waals surface area contributed by atoms with Crippen LogP contribution in [0.3, 0.4) is 0 Å². The van der Waals surface area contributed by atoms with E-state index in [4.69, 9.17) is 4.74 Å². The molecular formula is C13H20N2O. The third-order valence-electron chi connectivity index (χ3n) is 2.95. The molecule has 0 saturated carbocycles. The first-order valence-corrected chi connectivity index (χ1v) is 5.83. The normalized spacial score (nSPS) is 25.0. The molecule has 1 aliphatic heterocycles. The van der Waals surface area contributed by atoms with Crippen molar-refractivity contribution in [1.29, 1.82) is 0 Å². The lowest BCUT2D eigenvalue weighted by atomic mass is 9.93. The monoisotopic (exact) mass is 220 g/mol. The standard InChI is InChI=1S/C13H20N2O/c1-10(2)16-12-6-4-11(5-7-12)13(3)8-14-9-15-13/h4-7,10,14-15H,8-9H2,1-3H3. The zero-order valence-corrected chi connectivity index (χ0v) is 10.2. The molecule has 1 heterocycles. The summed E-state index contributed by atoms with van der Waals surface area (Å²) in [5, 5.41) is 6.77. The first kappa shape index (κ1) is 11.4. The Labute approximate surface area is 97.2 Å². The minimum atomic E-state index is 0.0519. The molecule has 1 aromatic carbocycles. The molecule has 1 atom stereocenters. The first-order chi connectivity index (χ1) is 7.60. The van der Waals surface area contributed by atoms with Gasteiger partial charge in [-0.25, -0.2) is 0 Å². The van der Waals surface area contributed by atoms with Gasteiger partial charge >= 0.3 is 0 Å². The average molecular weight is 220 g/mol. The van der Waals surface area contributed by atoms with Gasteiger partial charge in [0, 0.05) is 13.2 Å². The van der Waals surface area contributed by atoms with Crippen molar-refractivity contribution in [1.82, 2.24) is 10.6 Å². The molecule has 1 unspecified atom stereocenters. The van der Waals surface area contributed by atoms with E-state index < -0.39 is 0 Å². The third kappa shape index (κ3) is 2.36. The minimum Gasteiger partial charge on any atom is -0.491 e. The summed E-state index contributed by atoms with van der Waals surface area (Å²) in [6.07, 6.45) is 0.229. The predicted molar refractivity (Wildman–Crippen MR) is 65.6 cm³/mol. The summed E-state index contributed by atoms with van der Waals surface area (Å²) in [5.41, 5.74) is 1.35. The summed E-state index contributed by atoms with van der Waals surface area (Å²) in [6, 6.07) is 8.36. The Kier molecular flexibility index (Phi) is 3.17. The fourth-order valence-corrected chi connectivity index (χ4v) is 2.01. The fourth-order valence-electron chi connectivity index (χ4n) is 2.01. The molecule has 1 aliphatic rings. The van der Waals surface area contributed by atoms with Crippen LogP contribution in [0, 0.1) is 0 Å². The van der Waals surface area contributed by atoms with E-state index in [1.54, 1.807) is 0 Å². The summed E-state index contributed by atoms with van der Waals surface area (Å²) in [7, 11) is 0. The third-order valence-corrected chi connectivity index (χ3v) is 2.95. The summed E-state index contributed by atoms with van der Waals surface area (Å²) >= 11 is 0. The molecule has 1 aromatic rings. The molecule has 2 N–H and O–H groups in total. The molecule has 1 fully saturated rings. The van der Waals surface area contributed by atoms with Crippen molar-refractivity contribution >= 4 is 0 Å². The Morgan fingerprint density at radius 1 is 1.25 bits per heavy atom. The summed E-state index contributed by atoms with van der Waals surface area (Å²) in [5.74, 6) is 0.938. The van der Waals surface area contributed by atoms with Crippen molar-refractivity contribution < 1.29 is 4.74 Å². The minimum absolute atomic E-state index is 0.0519. The molecule has 0 aromatic heterocycles. The van der Waals surface area contributed by atoms with Crippen molar-refractivity contribution in [3.05, 3.63) is 29.8 Å². The van der Waals surface area contributed by atoms with E-state index in [0.29, 0.717) is 0 Å². The van der Waals surface area contributed by atoms with Crippen LogP contribution in [0.1, 0.15) is 26.3 Å². The second kappa shape index (κ2) is 4.44. The molecular weight excluding hydrogens is 200 g/mol. The molecule has 0 radical (unpaired) electrons. The van der Waals surface area contributed by atoms with Gasteiger partial charge < -0.3 is 10.1 Å². The molecule has 16 heavy (non-hydrogen) atoms. The van der Waals surface area contributed by atoms with Crippen LogP contribution in [0.15, 0.2) is 24.3 Å². The van der Waals surface area contributed by atoms with Gasteiger partial charge in [0.2, 0.25) is 0 Å². The van der Waals surface area contributed by atoms with Gasteiger partial charge in [-0.1, -0.05) is 12.1 Å². The maximum Gasteiger partial charge on any atom is 0.119 e. The van der Waals surface area contributed by atoms with Crippen LogP contribution in [0.4, 0.5) is 0 Å². The van der Waals surface area contributed by atoms with Gasteiger partial charge in [0.1, 0.15) is 5.75 Å². The number of hydrogen-bond acceptors (Lipinski definition) is 3. The van der Waals surface area contributed by atoms with E-state index >= 15 is 0 Å². The van der Waals surface area contributed by atoms with Gasteiger partial charge in [-0.05, 0) is 38.5 Å². The van der Waals surface area contributed by atoms with Crippen LogP contribution in [-0.2, 0) is 5.54 Å². The van der Waals surface area contributed by atoms with Crippen LogP contribution < -0.4 is 15.4 Å². The van der Waals surface area contributed by atoms with Gasteiger partial charge in [0.15, 0.2) is 0 Å². The molecule has 0 spiro atoms. The second-order valence-electron chi connectivity index (χ2n) is 4.80. The second-order valence-corrected chi connectivity index (χ2v) is 4.80. The number of ether oxygens (including phenoxy) is 1. The number of hydrogen-bond donors (Lipinski definition) is 2. The largest absolute Gasteiger partial charge is 0.491 e. The molecule has 0 amide bonds. The topological polar surface area (TPSA) is 33.3 Å². The van der Waals surface area contributed by atoms with E-state index in [2.05, 4.69) is 29.7 Å². The maximum atomic E-state index is 5.63. The zero-order valence-electron chi connectivity index (χ0n) is 10.2. The average Bonchev–Trinajstić information content (AvgIpc) is 2.66. The van der Waals surface area contributed by atoms with Crippen molar-refractivity contribution in [2.24, 2.45) is 0 Å². The lowest BCUT2D eigenvalue weighted by Crippen LogP contribution is -2.35. The summed E-state index contributed by atoms with van der Waals surface area (Å²) < 4.78 is 5.63. The highest BCUT2D eigenvalue weighted by molar-refractivity contribution is 5.32. The highest BCUT2D eigenvalue weighted by Gasteiger charge is 2.29. The molecule has 2 rings (SSSR count). The smallest absolute Gasteiger partial charge is 0.119 e. The number of nitrogens with one attached hydrogen (secondary N) is 2. The van der Waals surface area contributed by atoms with E-state index in [-0.39, 0.29) is 11.6 Å². The SMILES string of the molecule is CC(C)Oc1ccc(C2(C)CNCN2)cc1. The van der Waals surface area contributed by atoms with E-state index in [9.17, 15) is 0 Å². The van der Waals surface area contributed by atoms with Crippen LogP contribution in [0.25, 0.3) is 0 Å². The van der Waals surface area contributed by atoms with Crippen molar-refractivity contribution in [3.8, 4) is 5.75 Å². The van der Waals surface area contributed by atoms with E-state index in [1.807, 2.05) is 26.0 Å². The van der Waals surface area contributed by atoms with Crippen molar-refractivity contribution in [2.45, 2.75) is 32.4 Å². The Morgan fingerprint density at radius 2 is 1.94 bits per heavy atom. The first-order valence-electron chi connectivity index (χ1n) is 5.83. The van der Waals surface area contributed by atoms with Gasteiger partial charge in [0.05, 0.1) is 11.6 Å². The quantitative estimate of drug-likeness (QED) is 0.815. The zero-order chi connectivity index (χ0) is 11.6. The van der Waals surface area contributed by atoms with Gasteiger partial charge in [-0.3, -0.25) is 5.32 Å². The number of rotatable bonds is 3. The van der Waals surface area contributed by atoms with Gasteiger partial charge in [-0.15, -0.1) is 0 Å². The predicted octanol–water partition coefficient (Wildman–Crippen LogP) is 1.84. The van der Waals surface area contributed by atoms with E-state index in [0.717, 1.165) is 19.0 Å². The van der Waals surface area contributed by atoms with Crippen molar-refractivity contribution in [2.75, 3.05) is 13.2 Å². The molecule has 1 saturated heterocycles. The highest BCUT2D eigenvalue weighted by atomic mass is 16.5. The lowest BCUT2D eigenvalue weighted by Gasteiger charge is -2.24. The molecule has 88 valence electrons. The van der Waals surface area contributed by atoms with Crippen LogP contribution in [-0.4, -0.2) is 19.3 Å². The van der Waals surface area contributed by atoms with Crippen LogP contribution >= 0.6 is 0 Å². The van der Waals surface area contributed by atoms with Crippen molar-refractivity contribution in [3.63, 3.8) is 0 Å². The Hall–Kier alpha value is -1.06. The number of benzene rings is 1. The summed E-state index contributed by atoms with van der Waals surface area (Å²) in [6.45, 7) is 8.14. The highest BCUT2D eigenvalue weighted by Crippen LogP contribution is 2.24. The Balaban J connectivity index is 2.12. The molecule has 0 bridgehead atoms. The molecule has 0 aliphatic carbocycles. The molecule has 3 heteroatoms. The van der Waals surface area contributed by atoms with Gasteiger partial charge in [0.25, 0.3) is 0 Å². The Morgan fingerprint density at radius 3 is 2.44 bits per heavy atom. The molecule has 3 nitrogen and oxygen atoms in total. The van der Waals surface area contributed by atoms with Gasteiger partial charge in [-0.2, -0.15) is 0 Å². The van der Waals surface area contributed by atoms with E-state index in [1.165, 1.54) is 5.56 Å². The van der Waals surface area contributed by atoms with Crippen LogP contribution in [0.2, 0.25) is 0 Å².